The van der Waals surface area contributed by atoms with E-state index < -0.39 is 0 Å². The zero-order valence-electron chi connectivity index (χ0n) is 9.77. The van der Waals surface area contributed by atoms with Crippen molar-refractivity contribution in [1.82, 2.24) is 4.98 Å². The summed E-state index contributed by atoms with van der Waals surface area (Å²) in [5.41, 5.74) is 2.27. The van der Waals surface area contributed by atoms with E-state index in [1.165, 1.54) is 23.9 Å². The Morgan fingerprint density at radius 1 is 1.16 bits per heavy atom. The Hall–Kier alpha value is -1.52. The van der Waals surface area contributed by atoms with Crippen LogP contribution in [0.5, 0.6) is 0 Å². The molecule has 19 heavy (non-hydrogen) atoms. The minimum Gasteiger partial charge on any atom is -0.431 e. The van der Waals surface area contributed by atoms with Gasteiger partial charge in [-0.15, -0.1) is 0 Å². The summed E-state index contributed by atoms with van der Waals surface area (Å²) in [5, 5.41) is 1.25. The van der Waals surface area contributed by atoms with Gasteiger partial charge in [0.05, 0.1) is 0 Å². The summed E-state index contributed by atoms with van der Waals surface area (Å²) in [4.78, 5) is 4.29. The lowest BCUT2D eigenvalue weighted by atomic mass is 10.2. The Bertz CT molecular complexity index is 711. The van der Waals surface area contributed by atoms with Crippen molar-refractivity contribution in [1.29, 1.82) is 0 Å². The third kappa shape index (κ3) is 2.91. The second kappa shape index (κ2) is 5.23. The van der Waals surface area contributed by atoms with Crippen molar-refractivity contribution in [2.24, 2.45) is 0 Å². The predicted octanol–water partition coefficient (Wildman–Crippen LogP) is 4.91. The number of nitrogens with zero attached hydrogens (tertiary/aromatic N) is 1. The molecule has 3 rings (SSSR count). The van der Waals surface area contributed by atoms with E-state index in [0.29, 0.717) is 21.3 Å². The minimum atomic E-state index is -0.321. The van der Waals surface area contributed by atoms with E-state index in [1.54, 1.807) is 6.07 Å². The SMILES string of the molecule is Fc1ccc2nc(SCc3ccc(Cl)cc3)oc2c1. The molecule has 0 N–H and O–H groups in total. The molecular formula is C14H9ClFNOS. The largest absolute Gasteiger partial charge is 0.431 e. The van der Waals surface area contributed by atoms with E-state index in [0.717, 1.165) is 11.3 Å². The molecule has 0 aliphatic heterocycles. The summed E-state index contributed by atoms with van der Waals surface area (Å²) in [6.07, 6.45) is 0. The highest BCUT2D eigenvalue weighted by atomic mass is 35.5. The van der Waals surface area contributed by atoms with E-state index in [9.17, 15) is 4.39 Å². The molecule has 1 heterocycles. The van der Waals surface area contributed by atoms with Crippen molar-refractivity contribution >= 4 is 34.5 Å². The van der Waals surface area contributed by atoms with Gasteiger partial charge in [0.25, 0.3) is 5.22 Å². The summed E-state index contributed by atoms with van der Waals surface area (Å²) in [5.74, 6) is 0.407. The molecule has 1 aromatic heterocycles. The number of thioether (sulfide) groups is 1. The highest BCUT2D eigenvalue weighted by Crippen LogP contribution is 2.27. The molecule has 2 aromatic carbocycles. The second-order valence-corrected chi connectivity index (χ2v) is 5.37. The van der Waals surface area contributed by atoms with Crippen LogP contribution in [0.25, 0.3) is 11.1 Å². The van der Waals surface area contributed by atoms with E-state index >= 15 is 0 Å². The van der Waals surface area contributed by atoms with Gasteiger partial charge < -0.3 is 4.42 Å². The predicted molar refractivity (Wildman–Crippen MR) is 75.0 cm³/mol. The first-order valence-corrected chi connectivity index (χ1v) is 7.00. The molecule has 2 nitrogen and oxygen atoms in total. The number of oxazole rings is 1. The Kier molecular flexibility index (Phi) is 3.44. The maximum Gasteiger partial charge on any atom is 0.257 e. The molecule has 0 saturated heterocycles. The molecule has 0 aliphatic rings. The van der Waals surface area contributed by atoms with Gasteiger partial charge >= 0.3 is 0 Å². The van der Waals surface area contributed by atoms with E-state index in [2.05, 4.69) is 4.98 Å². The lowest BCUT2D eigenvalue weighted by molar-refractivity contribution is 0.487. The first-order valence-electron chi connectivity index (χ1n) is 5.64. The molecule has 0 spiro atoms. The zero-order valence-corrected chi connectivity index (χ0v) is 11.3. The van der Waals surface area contributed by atoms with Gasteiger partial charge in [0.15, 0.2) is 5.58 Å². The lowest BCUT2D eigenvalue weighted by Crippen LogP contribution is -1.79. The third-order valence-corrected chi connectivity index (χ3v) is 3.76. The third-order valence-electron chi connectivity index (χ3n) is 2.61. The van der Waals surface area contributed by atoms with Gasteiger partial charge in [0.2, 0.25) is 0 Å². The summed E-state index contributed by atoms with van der Waals surface area (Å²) in [7, 11) is 0. The second-order valence-electron chi connectivity index (χ2n) is 4.01. The lowest BCUT2D eigenvalue weighted by Gasteiger charge is -1.98. The highest BCUT2D eigenvalue weighted by Gasteiger charge is 2.07. The van der Waals surface area contributed by atoms with E-state index in [-0.39, 0.29) is 5.82 Å². The van der Waals surface area contributed by atoms with Gasteiger partial charge in [-0.25, -0.2) is 9.37 Å². The zero-order chi connectivity index (χ0) is 13.2. The van der Waals surface area contributed by atoms with Crippen LogP contribution in [0.2, 0.25) is 5.02 Å². The molecule has 0 bridgehead atoms. The Labute approximate surface area is 118 Å². The summed E-state index contributed by atoms with van der Waals surface area (Å²) < 4.78 is 18.5. The maximum absolute atomic E-state index is 13.0. The first-order chi connectivity index (χ1) is 9.20. The number of fused-ring (bicyclic) bond motifs is 1. The molecule has 96 valence electrons. The normalized spacial score (nSPS) is 11.1. The number of hydrogen-bond acceptors (Lipinski definition) is 3. The molecule has 5 heteroatoms. The van der Waals surface area contributed by atoms with Crippen molar-refractivity contribution in [3.63, 3.8) is 0 Å². The van der Waals surface area contributed by atoms with Crippen LogP contribution in [0, 0.1) is 5.82 Å². The van der Waals surface area contributed by atoms with Crippen molar-refractivity contribution in [3.05, 3.63) is 58.9 Å². The van der Waals surface area contributed by atoms with Crippen LogP contribution in [0.15, 0.2) is 52.1 Å². The Morgan fingerprint density at radius 3 is 2.74 bits per heavy atom. The number of rotatable bonds is 3. The molecule has 3 aromatic rings. The standard InChI is InChI=1S/C14H9ClFNOS/c15-10-3-1-9(2-4-10)8-19-14-17-12-6-5-11(16)7-13(12)18-14/h1-7H,8H2. The average Bonchev–Trinajstić information content (AvgIpc) is 2.80. The van der Waals surface area contributed by atoms with Crippen molar-refractivity contribution in [3.8, 4) is 0 Å². The smallest absolute Gasteiger partial charge is 0.257 e. The maximum atomic E-state index is 13.0. The van der Waals surface area contributed by atoms with Crippen molar-refractivity contribution in [2.75, 3.05) is 0 Å². The van der Waals surface area contributed by atoms with Crippen LogP contribution >= 0.6 is 23.4 Å². The topological polar surface area (TPSA) is 26.0 Å². The van der Waals surface area contributed by atoms with Crippen LogP contribution in [-0.4, -0.2) is 4.98 Å². The van der Waals surface area contributed by atoms with Crippen molar-refractivity contribution in [2.45, 2.75) is 11.0 Å². The van der Waals surface area contributed by atoms with Crippen LogP contribution in [0.1, 0.15) is 5.56 Å². The Morgan fingerprint density at radius 2 is 1.95 bits per heavy atom. The fraction of sp³-hybridized carbons (Fsp3) is 0.0714. The van der Waals surface area contributed by atoms with Gasteiger partial charge in [-0.2, -0.15) is 0 Å². The molecule has 0 saturated carbocycles. The van der Waals surface area contributed by atoms with Gasteiger partial charge in [-0.3, -0.25) is 0 Å². The first kappa shape index (κ1) is 12.5. The van der Waals surface area contributed by atoms with Gasteiger partial charge in [-0.05, 0) is 29.8 Å². The highest BCUT2D eigenvalue weighted by molar-refractivity contribution is 7.98. The van der Waals surface area contributed by atoms with Crippen LogP contribution < -0.4 is 0 Å². The molecule has 0 atom stereocenters. The van der Waals surface area contributed by atoms with Crippen LogP contribution in [-0.2, 0) is 5.75 Å². The van der Waals surface area contributed by atoms with Crippen LogP contribution in [0.3, 0.4) is 0 Å². The molecular weight excluding hydrogens is 285 g/mol. The van der Waals surface area contributed by atoms with Gasteiger partial charge in [0, 0.05) is 16.8 Å². The number of aromatic nitrogens is 1. The van der Waals surface area contributed by atoms with E-state index in [4.69, 9.17) is 16.0 Å². The minimum absolute atomic E-state index is 0.321. The fourth-order valence-electron chi connectivity index (χ4n) is 1.66. The molecule has 0 fully saturated rings. The molecule has 0 unspecified atom stereocenters. The Balaban J connectivity index is 1.76. The fourth-order valence-corrected chi connectivity index (χ4v) is 2.58. The summed E-state index contributed by atoms with van der Waals surface area (Å²) in [6.45, 7) is 0. The van der Waals surface area contributed by atoms with Gasteiger partial charge in [-0.1, -0.05) is 35.5 Å². The van der Waals surface area contributed by atoms with Crippen molar-refractivity contribution < 1.29 is 8.81 Å². The summed E-state index contributed by atoms with van der Waals surface area (Å²) >= 11 is 7.29. The summed E-state index contributed by atoms with van der Waals surface area (Å²) in [6, 6.07) is 11.9. The molecule has 0 amide bonds. The van der Waals surface area contributed by atoms with E-state index in [1.807, 2.05) is 24.3 Å². The van der Waals surface area contributed by atoms with Crippen LogP contribution in [0.4, 0.5) is 4.39 Å². The monoisotopic (exact) mass is 293 g/mol. The number of hydrogen-bond donors (Lipinski definition) is 0. The number of halogens is 2. The quantitative estimate of drug-likeness (QED) is 0.642. The van der Waals surface area contributed by atoms with Gasteiger partial charge in [0.1, 0.15) is 11.3 Å². The molecule has 0 aliphatic carbocycles. The number of benzene rings is 2. The average molecular weight is 294 g/mol. The molecule has 0 radical (unpaired) electrons.